The normalized spacial score (nSPS) is 17.1. The van der Waals surface area contributed by atoms with E-state index in [1.54, 1.807) is 0 Å². The maximum absolute atomic E-state index is 12.3. The van der Waals surface area contributed by atoms with E-state index in [0.717, 1.165) is 25.7 Å². The molecule has 0 aliphatic heterocycles. The van der Waals surface area contributed by atoms with Crippen LogP contribution in [0.4, 0.5) is 0 Å². The second-order valence-electron chi connectivity index (χ2n) is 5.23. The van der Waals surface area contributed by atoms with Crippen molar-refractivity contribution in [2.24, 2.45) is 5.92 Å². The van der Waals surface area contributed by atoms with E-state index in [1.165, 1.54) is 24.6 Å². The van der Waals surface area contributed by atoms with Gasteiger partial charge in [-0.3, -0.25) is 0 Å². The van der Waals surface area contributed by atoms with Gasteiger partial charge in [0.15, 0.2) is 9.84 Å². The number of hydrogen-bond acceptors (Lipinski definition) is 3. The summed E-state index contributed by atoms with van der Waals surface area (Å²) in [5.74, 6) is -0.839. The minimum absolute atomic E-state index is 0.0396. The van der Waals surface area contributed by atoms with E-state index in [1.807, 2.05) is 0 Å². The fourth-order valence-electron chi connectivity index (χ4n) is 2.62. The Labute approximate surface area is 123 Å². The quantitative estimate of drug-likeness (QED) is 0.924. The fraction of sp³-hybridized carbons (Fsp3) is 0.500. The van der Waals surface area contributed by atoms with Gasteiger partial charge in [-0.15, -0.1) is 0 Å². The van der Waals surface area contributed by atoms with Crippen molar-refractivity contribution in [1.29, 1.82) is 0 Å². The van der Waals surface area contributed by atoms with Gasteiger partial charge in [0.1, 0.15) is 0 Å². The molecule has 4 nitrogen and oxygen atoms in total. The Bertz CT molecular complexity index is 604. The zero-order valence-corrected chi connectivity index (χ0v) is 12.6. The van der Waals surface area contributed by atoms with Crippen LogP contribution in [0.1, 0.15) is 42.5 Å². The molecule has 1 aliphatic rings. The molecule has 0 bridgehead atoms. The molecule has 0 heterocycles. The predicted molar refractivity (Wildman–Crippen MR) is 77.0 cm³/mol. The van der Waals surface area contributed by atoms with Crippen molar-refractivity contribution in [3.63, 3.8) is 0 Å². The average Bonchev–Trinajstić information content (AvgIpc) is 2.38. The Hall–Kier alpha value is -1.07. The molecular formula is C14H17ClO4S. The van der Waals surface area contributed by atoms with Crippen molar-refractivity contribution in [1.82, 2.24) is 0 Å². The Morgan fingerprint density at radius 1 is 1.25 bits per heavy atom. The van der Waals surface area contributed by atoms with Crippen LogP contribution in [-0.4, -0.2) is 25.2 Å². The van der Waals surface area contributed by atoms with Gasteiger partial charge in [0.25, 0.3) is 0 Å². The minimum atomic E-state index is -3.40. The molecule has 20 heavy (non-hydrogen) atoms. The van der Waals surface area contributed by atoms with Crippen LogP contribution in [0.3, 0.4) is 0 Å². The maximum Gasteiger partial charge on any atom is 0.337 e. The van der Waals surface area contributed by atoms with Gasteiger partial charge >= 0.3 is 5.97 Å². The lowest BCUT2D eigenvalue weighted by Crippen LogP contribution is -2.19. The average molecular weight is 317 g/mol. The zero-order chi connectivity index (χ0) is 14.8. The summed E-state index contributed by atoms with van der Waals surface area (Å²) < 4.78 is 24.7. The highest BCUT2D eigenvalue weighted by atomic mass is 35.5. The van der Waals surface area contributed by atoms with Gasteiger partial charge in [0.05, 0.1) is 21.2 Å². The molecular weight excluding hydrogens is 300 g/mol. The second-order valence-corrected chi connectivity index (χ2v) is 7.67. The molecule has 1 N–H and O–H groups in total. The molecule has 1 fully saturated rings. The fourth-order valence-corrected chi connectivity index (χ4v) is 4.67. The van der Waals surface area contributed by atoms with E-state index < -0.39 is 15.8 Å². The van der Waals surface area contributed by atoms with Crippen LogP contribution in [0.15, 0.2) is 23.1 Å². The van der Waals surface area contributed by atoms with Crippen molar-refractivity contribution < 1.29 is 18.3 Å². The number of halogens is 1. The van der Waals surface area contributed by atoms with Crippen LogP contribution in [0, 0.1) is 5.92 Å². The second kappa shape index (κ2) is 6.14. The molecule has 0 atom stereocenters. The highest BCUT2D eigenvalue weighted by molar-refractivity contribution is 7.91. The lowest BCUT2D eigenvalue weighted by atomic mass is 9.91. The first kappa shape index (κ1) is 15.3. The first-order valence-electron chi connectivity index (χ1n) is 6.66. The molecule has 1 saturated carbocycles. The summed E-state index contributed by atoms with van der Waals surface area (Å²) in [6, 6.07) is 3.81. The summed E-state index contributed by atoms with van der Waals surface area (Å²) in [6.45, 7) is 0. The SMILES string of the molecule is O=C(O)c1ccc(S(=O)(=O)CC2CCCCC2)cc1Cl. The maximum atomic E-state index is 12.3. The Balaban J connectivity index is 2.20. The topological polar surface area (TPSA) is 71.4 Å². The van der Waals surface area contributed by atoms with Crippen LogP contribution in [-0.2, 0) is 9.84 Å². The molecule has 0 spiro atoms. The molecule has 0 aromatic heterocycles. The van der Waals surface area contributed by atoms with Crippen molar-refractivity contribution in [2.75, 3.05) is 5.75 Å². The van der Waals surface area contributed by atoms with Crippen LogP contribution >= 0.6 is 11.6 Å². The van der Waals surface area contributed by atoms with Gasteiger partial charge in [-0.1, -0.05) is 30.9 Å². The number of rotatable bonds is 4. The van der Waals surface area contributed by atoms with Gasteiger partial charge in [0, 0.05) is 0 Å². The number of sulfone groups is 1. The van der Waals surface area contributed by atoms with Gasteiger partial charge in [-0.05, 0) is 37.0 Å². The number of benzene rings is 1. The third-order valence-electron chi connectivity index (χ3n) is 3.71. The summed E-state index contributed by atoms with van der Waals surface area (Å²) in [5, 5.41) is 8.85. The summed E-state index contributed by atoms with van der Waals surface area (Å²) in [5.41, 5.74) is -0.0803. The van der Waals surface area contributed by atoms with Crippen molar-refractivity contribution in [2.45, 2.75) is 37.0 Å². The van der Waals surface area contributed by atoms with E-state index in [9.17, 15) is 13.2 Å². The van der Waals surface area contributed by atoms with Crippen molar-refractivity contribution in [3.8, 4) is 0 Å². The highest BCUT2D eigenvalue weighted by Gasteiger charge is 2.24. The lowest BCUT2D eigenvalue weighted by molar-refractivity contribution is 0.0697. The van der Waals surface area contributed by atoms with Gasteiger partial charge < -0.3 is 5.11 Å². The predicted octanol–water partition coefficient (Wildman–Crippen LogP) is 3.39. The summed E-state index contributed by atoms with van der Waals surface area (Å²) >= 11 is 5.83. The van der Waals surface area contributed by atoms with E-state index in [-0.39, 0.29) is 27.2 Å². The largest absolute Gasteiger partial charge is 0.478 e. The van der Waals surface area contributed by atoms with Crippen molar-refractivity contribution in [3.05, 3.63) is 28.8 Å². The van der Waals surface area contributed by atoms with Gasteiger partial charge in [-0.2, -0.15) is 0 Å². The minimum Gasteiger partial charge on any atom is -0.478 e. The molecule has 110 valence electrons. The third kappa shape index (κ3) is 3.52. The molecule has 1 aromatic rings. The molecule has 2 rings (SSSR count). The number of carboxylic acid groups (broad SMARTS) is 1. The van der Waals surface area contributed by atoms with Crippen LogP contribution in [0.2, 0.25) is 5.02 Å². The van der Waals surface area contributed by atoms with E-state index in [2.05, 4.69) is 0 Å². The van der Waals surface area contributed by atoms with Crippen LogP contribution < -0.4 is 0 Å². The summed E-state index contributed by atoms with van der Waals surface area (Å²) in [4.78, 5) is 11.0. The first-order chi connectivity index (χ1) is 9.40. The number of aromatic carboxylic acids is 1. The molecule has 0 saturated heterocycles. The Kier molecular flexibility index (Phi) is 4.70. The van der Waals surface area contributed by atoms with Crippen LogP contribution in [0.25, 0.3) is 0 Å². The molecule has 1 aromatic carbocycles. The molecule has 0 radical (unpaired) electrons. The third-order valence-corrected chi connectivity index (χ3v) is 5.91. The first-order valence-corrected chi connectivity index (χ1v) is 8.69. The van der Waals surface area contributed by atoms with Crippen LogP contribution in [0.5, 0.6) is 0 Å². The number of carboxylic acids is 1. The van der Waals surface area contributed by atoms with Crippen molar-refractivity contribution >= 4 is 27.4 Å². The highest BCUT2D eigenvalue weighted by Crippen LogP contribution is 2.28. The Morgan fingerprint density at radius 3 is 2.45 bits per heavy atom. The summed E-state index contributed by atoms with van der Waals surface area (Å²) in [7, 11) is -3.40. The number of hydrogen-bond donors (Lipinski definition) is 1. The molecule has 0 unspecified atom stereocenters. The number of carbonyl (C=O) groups is 1. The van der Waals surface area contributed by atoms with E-state index in [0.29, 0.717) is 0 Å². The molecule has 0 amide bonds. The summed E-state index contributed by atoms with van der Waals surface area (Å²) in [6.07, 6.45) is 5.23. The van der Waals surface area contributed by atoms with E-state index >= 15 is 0 Å². The molecule has 6 heteroatoms. The van der Waals surface area contributed by atoms with Gasteiger partial charge in [0.2, 0.25) is 0 Å². The standard InChI is InChI=1S/C14H17ClO4S/c15-13-8-11(6-7-12(13)14(16)17)20(18,19)9-10-4-2-1-3-5-10/h6-8,10H,1-5,9H2,(H,16,17). The Morgan fingerprint density at radius 2 is 1.90 bits per heavy atom. The van der Waals surface area contributed by atoms with E-state index in [4.69, 9.17) is 16.7 Å². The van der Waals surface area contributed by atoms with Gasteiger partial charge in [-0.25, -0.2) is 13.2 Å². The molecule has 1 aliphatic carbocycles. The smallest absolute Gasteiger partial charge is 0.337 e. The zero-order valence-electron chi connectivity index (χ0n) is 11.0. The monoisotopic (exact) mass is 316 g/mol. The lowest BCUT2D eigenvalue weighted by Gasteiger charge is -2.21.